The lowest BCUT2D eigenvalue weighted by atomic mass is 9.95. The van der Waals surface area contributed by atoms with Gasteiger partial charge < -0.3 is 19.7 Å². The molecule has 3 heterocycles. The second-order valence-corrected chi connectivity index (χ2v) is 7.78. The van der Waals surface area contributed by atoms with Crippen LogP contribution in [0.25, 0.3) is 11.4 Å². The largest absolute Gasteiger partial charge is 0.347 e. The van der Waals surface area contributed by atoms with Crippen LogP contribution in [0.3, 0.4) is 0 Å². The zero-order valence-corrected chi connectivity index (χ0v) is 16.2. The second kappa shape index (κ2) is 7.69. The number of aromatic nitrogens is 4. The molecule has 1 fully saturated rings. The summed E-state index contributed by atoms with van der Waals surface area (Å²) in [4.78, 5) is 27.1. The molecule has 8 heteroatoms. The molecule has 1 aliphatic heterocycles. The molecule has 3 aromatic rings. The van der Waals surface area contributed by atoms with Gasteiger partial charge in [-0.05, 0) is 12.8 Å². The third-order valence-electron chi connectivity index (χ3n) is 5.85. The summed E-state index contributed by atoms with van der Waals surface area (Å²) in [6.45, 7) is 0.446. The van der Waals surface area contributed by atoms with E-state index >= 15 is 0 Å². The summed E-state index contributed by atoms with van der Waals surface area (Å²) in [5.74, 6) is 0.970. The maximum Gasteiger partial charge on any atom is 0.318 e. The first kappa shape index (κ1) is 17.9. The molecule has 8 nitrogen and oxygen atoms in total. The molecule has 0 radical (unpaired) electrons. The highest BCUT2D eigenvalue weighted by Crippen LogP contribution is 2.32. The van der Waals surface area contributed by atoms with Crippen LogP contribution in [-0.4, -0.2) is 37.1 Å². The average Bonchev–Trinajstić information content (AvgIpc) is 3.43. The summed E-state index contributed by atoms with van der Waals surface area (Å²) in [6.07, 6.45) is 7.89. The fourth-order valence-electron chi connectivity index (χ4n) is 4.25. The maximum atomic E-state index is 13.1. The van der Waals surface area contributed by atoms with Crippen LogP contribution in [0, 0.1) is 0 Å². The fourth-order valence-corrected chi connectivity index (χ4v) is 4.25. The van der Waals surface area contributed by atoms with Gasteiger partial charge in [0.1, 0.15) is 6.04 Å². The molecule has 2 amide bonds. The summed E-state index contributed by atoms with van der Waals surface area (Å²) in [6, 6.07) is 9.52. The Balaban J connectivity index is 1.41. The van der Waals surface area contributed by atoms with Crippen molar-refractivity contribution in [2.45, 2.75) is 57.2 Å². The number of carbonyl (C=O) groups is 1. The van der Waals surface area contributed by atoms with Crippen molar-refractivity contribution in [1.29, 1.82) is 0 Å². The number of carbonyl (C=O) groups excluding carboxylic acids is 1. The van der Waals surface area contributed by atoms with E-state index in [1.807, 2.05) is 30.3 Å². The topological polar surface area (TPSA) is 99.9 Å². The molecular weight excluding hydrogens is 368 g/mol. The molecule has 0 spiro atoms. The van der Waals surface area contributed by atoms with Gasteiger partial charge >= 0.3 is 6.03 Å². The third-order valence-corrected chi connectivity index (χ3v) is 5.85. The van der Waals surface area contributed by atoms with Crippen molar-refractivity contribution in [3.8, 4) is 11.4 Å². The smallest absolute Gasteiger partial charge is 0.318 e. The van der Waals surface area contributed by atoms with Crippen LogP contribution in [0.4, 0.5) is 4.79 Å². The van der Waals surface area contributed by atoms with Crippen molar-refractivity contribution in [1.82, 2.24) is 30.3 Å². The Kier molecular flexibility index (Phi) is 4.75. The van der Waals surface area contributed by atoms with E-state index in [0.29, 0.717) is 24.7 Å². The van der Waals surface area contributed by atoms with Crippen LogP contribution < -0.4 is 5.32 Å². The van der Waals surface area contributed by atoms with Crippen LogP contribution in [0.2, 0.25) is 0 Å². The van der Waals surface area contributed by atoms with E-state index in [4.69, 9.17) is 4.52 Å². The van der Waals surface area contributed by atoms with Gasteiger partial charge in [0.05, 0.1) is 24.3 Å². The minimum Gasteiger partial charge on any atom is -0.347 e. The van der Waals surface area contributed by atoms with Crippen LogP contribution in [-0.2, 0) is 13.0 Å². The number of imidazole rings is 1. The molecule has 0 bridgehead atoms. The number of nitrogens with zero attached hydrogens (tertiary/aromatic N) is 4. The lowest BCUT2D eigenvalue weighted by Crippen LogP contribution is -2.48. The van der Waals surface area contributed by atoms with Crippen LogP contribution in [0.15, 0.2) is 41.2 Å². The number of nitrogens with one attached hydrogen (secondary N) is 2. The number of aromatic amines is 1. The average molecular weight is 392 g/mol. The number of H-pyrrole nitrogens is 1. The molecule has 29 heavy (non-hydrogen) atoms. The minimum absolute atomic E-state index is 0.0818. The Bertz CT molecular complexity index is 976. The van der Waals surface area contributed by atoms with E-state index in [-0.39, 0.29) is 18.1 Å². The summed E-state index contributed by atoms with van der Waals surface area (Å²) in [5.41, 5.74) is 2.79. The van der Waals surface area contributed by atoms with Gasteiger partial charge in [-0.25, -0.2) is 9.78 Å². The number of rotatable bonds is 3. The Morgan fingerprint density at radius 1 is 1.17 bits per heavy atom. The predicted molar refractivity (Wildman–Crippen MR) is 106 cm³/mol. The number of benzene rings is 1. The molecule has 1 unspecified atom stereocenters. The van der Waals surface area contributed by atoms with E-state index in [1.54, 1.807) is 11.2 Å². The number of urea groups is 1. The minimum atomic E-state index is -0.334. The molecular formula is C21H24N6O2. The van der Waals surface area contributed by atoms with Crippen molar-refractivity contribution in [2.75, 3.05) is 0 Å². The van der Waals surface area contributed by atoms with Crippen molar-refractivity contribution in [3.63, 3.8) is 0 Å². The standard InChI is InChI=1S/C21H24N6O2/c28-21(24-15-9-5-2-6-10-15)27-12-17-16(22-13-23-17)11-18(27)20-25-19(26-29-20)14-7-3-1-4-8-14/h1,3-4,7-8,13,15,18H,2,5-6,9-12H2,(H,22,23)(H,24,28). The summed E-state index contributed by atoms with van der Waals surface area (Å²) in [7, 11) is 0. The normalized spacial score (nSPS) is 19.7. The fraction of sp³-hybridized carbons (Fsp3) is 0.429. The highest BCUT2D eigenvalue weighted by molar-refractivity contribution is 5.75. The highest BCUT2D eigenvalue weighted by Gasteiger charge is 2.36. The summed E-state index contributed by atoms with van der Waals surface area (Å²) < 4.78 is 5.60. The molecule has 2 aromatic heterocycles. The highest BCUT2D eigenvalue weighted by atomic mass is 16.5. The molecule has 2 N–H and O–H groups in total. The molecule has 0 saturated heterocycles. The van der Waals surface area contributed by atoms with E-state index < -0.39 is 0 Å². The SMILES string of the molecule is O=C(NC1CCCCC1)N1Cc2[nH]cnc2CC1c1nc(-c2ccccc2)no1. The van der Waals surface area contributed by atoms with Gasteiger partial charge in [-0.1, -0.05) is 54.8 Å². The van der Waals surface area contributed by atoms with Gasteiger partial charge in [0, 0.05) is 18.0 Å². The van der Waals surface area contributed by atoms with Gasteiger partial charge in [0.2, 0.25) is 11.7 Å². The Labute approximate surface area is 168 Å². The maximum absolute atomic E-state index is 13.1. The van der Waals surface area contributed by atoms with Crippen molar-refractivity contribution in [2.24, 2.45) is 0 Å². The number of amides is 2. The Morgan fingerprint density at radius 2 is 2.00 bits per heavy atom. The van der Waals surface area contributed by atoms with Crippen molar-refractivity contribution in [3.05, 3.63) is 53.9 Å². The molecule has 150 valence electrons. The van der Waals surface area contributed by atoms with Crippen molar-refractivity contribution >= 4 is 6.03 Å². The van der Waals surface area contributed by atoms with Crippen LogP contribution in [0.5, 0.6) is 0 Å². The third kappa shape index (κ3) is 3.62. The van der Waals surface area contributed by atoms with E-state index in [9.17, 15) is 4.79 Å². The van der Waals surface area contributed by atoms with Crippen LogP contribution in [0.1, 0.15) is 55.4 Å². The van der Waals surface area contributed by atoms with Gasteiger partial charge in [-0.3, -0.25) is 0 Å². The van der Waals surface area contributed by atoms with Gasteiger partial charge in [-0.15, -0.1) is 0 Å². The molecule has 5 rings (SSSR count). The Morgan fingerprint density at radius 3 is 2.83 bits per heavy atom. The van der Waals surface area contributed by atoms with E-state index in [1.165, 1.54) is 19.3 Å². The molecule has 1 aromatic carbocycles. The number of hydrogen-bond acceptors (Lipinski definition) is 5. The van der Waals surface area contributed by atoms with Crippen LogP contribution >= 0.6 is 0 Å². The quantitative estimate of drug-likeness (QED) is 0.709. The predicted octanol–water partition coefficient (Wildman–Crippen LogP) is 3.60. The number of hydrogen-bond donors (Lipinski definition) is 2. The zero-order chi connectivity index (χ0) is 19.6. The second-order valence-electron chi connectivity index (χ2n) is 7.78. The lowest BCUT2D eigenvalue weighted by molar-refractivity contribution is 0.138. The summed E-state index contributed by atoms with van der Waals surface area (Å²) >= 11 is 0. The lowest BCUT2D eigenvalue weighted by Gasteiger charge is -2.34. The number of fused-ring (bicyclic) bond motifs is 1. The first-order chi connectivity index (χ1) is 14.3. The first-order valence-electron chi connectivity index (χ1n) is 10.3. The molecule has 1 aliphatic carbocycles. The first-order valence-corrected chi connectivity index (χ1v) is 10.3. The van der Waals surface area contributed by atoms with Gasteiger partial charge in [-0.2, -0.15) is 4.98 Å². The van der Waals surface area contributed by atoms with E-state index in [0.717, 1.165) is 29.8 Å². The zero-order valence-electron chi connectivity index (χ0n) is 16.2. The van der Waals surface area contributed by atoms with Crippen molar-refractivity contribution < 1.29 is 9.32 Å². The monoisotopic (exact) mass is 392 g/mol. The molecule has 1 saturated carbocycles. The molecule has 1 atom stereocenters. The molecule has 2 aliphatic rings. The van der Waals surface area contributed by atoms with E-state index in [2.05, 4.69) is 25.4 Å². The summed E-state index contributed by atoms with van der Waals surface area (Å²) in [5, 5.41) is 7.35. The van der Waals surface area contributed by atoms with Gasteiger partial charge in [0.15, 0.2) is 0 Å². The van der Waals surface area contributed by atoms with Gasteiger partial charge in [0.25, 0.3) is 0 Å². The Hall–Kier alpha value is -3.16.